The van der Waals surface area contributed by atoms with Crippen LogP contribution >= 0.6 is 62.9 Å². The molecule has 7 rings (SSSR count). The zero-order valence-electron chi connectivity index (χ0n) is 32.2. The molecule has 1 N–H and O–H groups in total. The third-order valence-corrected chi connectivity index (χ3v) is 11.2. The van der Waals surface area contributed by atoms with E-state index < -0.39 is 43.6 Å². The average molecular weight is 1150 g/mol. The number of nitrogens with zero attached hydrogens (tertiary/aromatic N) is 6. The van der Waals surface area contributed by atoms with Crippen LogP contribution in [0.1, 0.15) is 23.0 Å². The number of benzene rings is 2. The molecule has 1 saturated heterocycles. The van der Waals surface area contributed by atoms with Gasteiger partial charge >= 0.3 is 61.6 Å². The summed E-state index contributed by atoms with van der Waals surface area (Å²) in [5.41, 5.74) is 1.25. The van der Waals surface area contributed by atoms with Crippen LogP contribution in [-0.2, 0) is 27.4 Å². The number of rotatable bonds is 15. The van der Waals surface area contributed by atoms with Crippen LogP contribution < -0.4 is 14.2 Å². The van der Waals surface area contributed by atoms with Crippen LogP contribution in [0.5, 0.6) is 17.4 Å². The van der Waals surface area contributed by atoms with Crippen molar-refractivity contribution >= 4 is 79.1 Å². The Hall–Kier alpha value is -3.26. The van der Waals surface area contributed by atoms with E-state index in [4.69, 9.17) is 30.2 Å². The monoisotopic (exact) mass is 1150 g/mol. The molecule has 4 aromatic heterocycles. The van der Waals surface area contributed by atoms with Gasteiger partial charge in [0.15, 0.2) is 6.17 Å². The summed E-state index contributed by atoms with van der Waals surface area (Å²) in [6.45, 7) is 4.84. The van der Waals surface area contributed by atoms with E-state index in [1.807, 2.05) is 0 Å². The summed E-state index contributed by atoms with van der Waals surface area (Å²) < 4.78 is 93.9. The summed E-state index contributed by atoms with van der Waals surface area (Å²) in [6, 6.07) is 12.1. The number of thiophene rings is 1. The van der Waals surface area contributed by atoms with Crippen molar-refractivity contribution in [2.45, 2.75) is 38.5 Å². The van der Waals surface area contributed by atoms with E-state index in [9.17, 15) is 27.5 Å². The van der Waals surface area contributed by atoms with Gasteiger partial charge in [-0.3, -0.25) is 9.58 Å². The number of aliphatic carboxylic acids is 1. The predicted octanol–water partition coefficient (Wildman–Crippen LogP) is 9.99. The number of halogens is 8. The van der Waals surface area contributed by atoms with E-state index in [0.717, 1.165) is 49.9 Å². The van der Waals surface area contributed by atoms with Gasteiger partial charge in [0.05, 0.1) is 21.0 Å². The molecule has 2 atom stereocenters. The van der Waals surface area contributed by atoms with Gasteiger partial charge in [-0.15, -0.1) is 11.3 Å². The number of hydrogen-bond acceptors (Lipinski definition) is 11. The number of furan rings is 1. The molecule has 0 radical (unpaired) electrons. The van der Waals surface area contributed by atoms with Crippen molar-refractivity contribution in [3.05, 3.63) is 95.0 Å². The summed E-state index contributed by atoms with van der Waals surface area (Å²) in [5, 5.41) is 14.5. The molecule has 0 aliphatic carbocycles. The van der Waals surface area contributed by atoms with E-state index in [2.05, 4.69) is 71.9 Å². The van der Waals surface area contributed by atoms with Gasteiger partial charge in [0.1, 0.15) is 48.2 Å². The number of piperazine rings is 1. The van der Waals surface area contributed by atoms with Crippen LogP contribution in [0.15, 0.2) is 71.5 Å². The molecular formula is C39H36ClF5I2N6O6SV. The summed E-state index contributed by atoms with van der Waals surface area (Å²) in [5.74, 6) is -1.56. The van der Waals surface area contributed by atoms with Crippen molar-refractivity contribution in [3.63, 3.8) is 0 Å². The second kappa shape index (κ2) is 21.4. The van der Waals surface area contributed by atoms with Crippen LogP contribution in [0.25, 0.3) is 32.0 Å². The molecule has 0 spiro atoms. The number of aromatic nitrogens is 4. The number of carboxylic acid groups (broad SMARTS) is 1. The Balaban J connectivity index is 0.00000201. The molecule has 2 unspecified atom stereocenters. The van der Waals surface area contributed by atoms with E-state index in [1.54, 1.807) is 19.1 Å². The summed E-state index contributed by atoms with van der Waals surface area (Å²) in [7, 11) is 2.71. The topological polar surface area (TPSA) is 128 Å². The molecule has 2 aromatic carbocycles. The molecule has 1 aliphatic heterocycles. The fourth-order valence-corrected chi connectivity index (χ4v) is 7.90. The minimum atomic E-state index is -4.55. The molecule has 61 heavy (non-hydrogen) atoms. The Bertz CT molecular complexity index is 2440. The van der Waals surface area contributed by atoms with Crippen molar-refractivity contribution in [1.82, 2.24) is 29.5 Å². The SMILES string of the molecule is Cc1c(-c2c(-c3ccc(F)o3)sc3ncnc(OC(C(=O)O)C(F)c4ccccc4OCc4ccnn4CC(F)(F)F)c23)ccc(OCCN2CCN(C)CC2)c1Cl.[I][V][I]. The third kappa shape index (κ3) is 11.9. The number of alkyl halides is 4. The van der Waals surface area contributed by atoms with Crippen LogP contribution in [-0.4, -0.2) is 99.3 Å². The van der Waals surface area contributed by atoms with Gasteiger partial charge in [-0.05, 0) is 49.4 Å². The number of likely N-dealkylation sites (N-methyl/N-ethyl adjacent to an activating group) is 1. The first-order valence-corrected chi connectivity index (χ1v) is 28.5. The summed E-state index contributed by atoms with van der Waals surface area (Å²) in [4.78, 5) is 26.6. The number of carbonyl (C=O) groups is 1. The number of carboxylic acids is 1. The van der Waals surface area contributed by atoms with Crippen LogP contribution in [0.2, 0.25) is 5.02 Å². The standard InChI is InChI=1S/C39H36ClF5N6O6S.2HI.V/c1-22-24(7-8-27(32(22)40)54-18-17-50-15-13-49(2)14-16-50)30-31-36(46-21-47-37(31)58-35(30)28-9-10-29(41)56-28)57-34(38(52)53)33(42)25-5-3-4-6-26(25)55-19-23-11-12-48-51(23)20-39(43,44)45;;;/h3-12,21,33-34H,13-20H2,1-2H3,(H,52,53);2*1H;/q;;;+2/p-2. The van der Waals surface area contributed by atoms with Crippen molar-refractivity contribution < 1.29 is 59.9 Å². The maximum atomic E-state index is 16.6. The Morgan fingerprint density at radius 2 is 1.79 bits per heavy atom. The Morgan fingerprint density at radius 1 is 1.05 bits per heavy atom. The number of fused-ring (bicyclic) bond motifs is 1. The molecule has 0 amide bonds. The van der Waals surface area contributed by atoms with Gasteiger partial charge in [-0.25, -0.2) is 19.2 Å². The van der Waals surface area contributed by atoms with E-state index in [0.29, 0.717) is 59.6 Å². The first kappa shape index (κ1) is 47.2. The average Bonchev–Trinajstić information content (AvgIpc) is 3.96. The van der Waals surface area contributed by atoms with Crippen molar-refractivity contribution in [2.24, 2.45) is 0 Å². The predicted molar refractivity (Wildman–Crippen MR) is 233 cm³/mol. The molecular weight excluding hydrogens is 1120 g/mol. The molecule has 1 aliphatic rings. The second-order valence-electron chi connectivity index (χ2n) is 13.6. The molecule has 1 fully saturated rings. The molecule has 6 aromatic rings. The van der Waals surface area contributed by atoms with Crippen molar-refractivity contribution in [1.29, 1.82) is 0 Å². The van der Waals surface area contributed by atoms with Crippen molar-refractivity contribution in [3.8, 4) is 39.1 Å². The number of para-hydroxylation sites is 1. The van der Waals surface area contributed by atoms with E-state index in [-0.39, 0.29) is 38.9 Å². The van der Waals surface area contributed by atoms with Crippen LogP contribution in [0.3, 0.4) is 0 Å². The number of ether oxygens (including phenoxy) is 3. The molecule has 0 saturated carbocycles. The van der Waals surface area contributed by atoms with Gasteiger partial charge < -0.3 is 28.6 Å². The van der Waals surface area contributed by atoms with Gasteiger partial charge in [-0.1, -0.05) is 35.9 Å². The fraction of sp³-hybridized carbons (Fsp3) is 0.333. The minimum absolute atomic E-state index is 0.0508. The van der Waals surface area contributed by atoms with Crippen LogP contribution in [0.4, 0.5) is 22.0 Å². The number of hydrogen-bond donors (Lipinski definition) is 1. The molecule has 22 heteroatoms. The fourth-order valence-electron chi connectivity index (χ4n) is 6.57. The Labute approximate surface area is 384 Å². The second-order valence-corrected chi connectivity index (χ2v) is 26.7. The zero-order chi connectivity index (χ0) is 43.8. The van der Waals surface area contributed by atoms with Gasteiger partial charge in [0.2, 0.25) is 12.0 Å². The Kier molecular flexibility index (Phi) is 16.6. The van der Waals surface area contributed by atoms with Crippen molar-refractivity contribution in [2.75, 3.05) is 46.4 Å². The summed E-state index contributed by atoms with van der Waals surface area (Å²) in [6.07, 6.45) is -6.85. The van der Waals surface area contributed by atoms with Gasteiger partial charge in [0, 0.05) is 56.1 Å². The first-order chi connectivity index (χ1) is 29.2. The first-order valence-electron chi connectivity index (χ1n) is 18.3. The molecule has 325 valence electrons. The van der Waals surface area contributed by atoms with Crippen LogP contribution in [0, 0.1) is 12.9 Å². The normalized spacial score (nSPS) is 14.6. The molecule has 5 heterocycles. The zero-order valence-corrected chi connectivity index (χ0v) is 39.5. The maximum absolute atomic E-state index is 16.6. The quantitative estimate of drug-likeness (QED) is 0.0780. The summed E-state index contributed by atoms with van der Waals surface area (Å²) >= 11 is 12.7. The van der Waals surface area contributed by atoms with E-state index in [1.165, 1.54) is 42.6 Å². The van der Waals surface area contributed by atoms with Gasteiger partial charge in [-0.2, -0.15) is 22.7 Å². The molecule has 12 nitrogen and oxygen atoms in total. The Morgan fingerprint density at radius 3 is 2.48 bits per heavy atom. The van der Waals surface area contributed by atoms with E-state index >= 15 is 4.39 Å². The third-order valence-electron chi connectivity index (χ3n) is 9.60. The van der Waals surface area contributed by atoms with Gasteiger partial charge in [0.25, 0.3) is 6.01 Å². The molecule has 0 bridgehead atoms.